The minimum absolute atomic E-state index is 0.515. The molecule has 0 heterocycles. The van der Waals surface area contributed by atoms with Crippen LogP contribution in [0.3, 0.4) is 0 Å². The molecular formula is C16H16BrClO. The molecule has 1 N–H and O–H groups in total. The molecule has 2 rings (SSSR count). The fraction of sp³-hybridized carbons (Fsp3) is 0.250. The molecule has 0 aromatic heterocycles. The van der Waals surface area contributed by atoms with Crippen LogP contribution in [0.25, 0.3) is 0 Å². The molecule has 100 valence electrons. The van der Waals surface area contributed by atoms with E-state index in [2.05, 4.69) is 15.9 Å². The third-order valence-corrected chi connectivity index (χ3v) is 4.18. The zero-order valence-corrected chi connectivity index (χ0v) is 13.3. The molecule has 0 saturated heterocycles. The summed E-state index contributed by atoms with van der Waals surface area (Å²) in [7, 11) is 0. The van der Waals surface area contributed by atoms with Gasteiger partial charge in [0, 0.05) is 15.9 Å². The van der Waals surface area contributed by atoms with Gasteiger partial charge in [0.05, 0.1) is 6.10 Å². The van der Waals surface area contributed by atoms with Gasteiger partial charge in [0.15, 0.2) is 0 Å². The van der Waals surface area contributed by atoms with Crippen LogP contribution in [-0.2, 0) is 6.42 Å². The van der Waals surface area contributed by atoms with E-state index in [0.717, 1.165) is 26.7 Å². The summed E-state index contributed by atoms with van der Waals surface area (Å²) >= 11 is 9.70. The Morgan fingerprint density at radius 3 is 2.37 bits per heavy atom. The van der Waals surface area contributed by atoms with Gasteiger partial charge in [0.1, 0.15) is 0 Å². The molecule has 0 spiro atoms. The molecule has 0 amide bonds. The minimum Gasteiger partial charge on any atom is -0.388 e. The highest BCUT2D eigenvalue weighted by Gasteiger charge is 2.13. The van der Waals surface area contributed by atoms with E-state index in [1.54, 1.807) is 0 Å². The van der Waals surface area contributed by atoms with E-state index in [1.165, 1.54) is 0 Å². The summed E-state index contributed by atoms with van der Waals surface area (Å²) in [6, 6.07) is 11.9. The van der Waals surface area contributed by atoms with E-state index in [9.17, 15) is 5.11 Å². The van der Waals surface area contributed by atoms with Crippen molar-refractivity contribution in [3.8, 4) is 0 Å². The van der Waals surface area contributed by atoms with Crippen molar-refractivity contribution in [1.29, 1.82) is 0 Å². The molecule has 2 aromatic carbocycles. The molecule has 0 bridgehead atoms. The smallest absolute Gasteiger partial charge is 0.0841 e. The molecular weight excluding hydrogens is 324 g/mol. The first-order valence-corrected chi connectivity index (χ1v) is 7.33. The van der Waals surface area contributed by atoms with Crippen LogP contribution in [-0.4, -0.2) is 5.11 Å². The number of hydrogen-bond acceptors (Lipinski definition) is 1. The normalized spacial score (nSPS) is 12.5. The molecule has 19 heavy (non-hydrogen) atoms. The highest BCUT2D eigenvalue weighted by Crippen LogP contribution is 2.29. The summed E-state index contributed by atoms with van der Waals surface area (Å²) in [5.74, 6) is 0. The van der Waals surface area contributed by atoms with Gasteiger partial charge in [-0.25, -0.2) is 0 Å². The van der Waals surface area contributed by atoms with Crippen molar-refractivity contribution < 1.29 is 5.11 Å². The van der Waals surface area contributed by atoms with Gasteiger partial charge in [0.2, 0.25) is 0 Å². The van der Waals surface area contributed by atoms with Crippen molar-refractivity contribution in [2.24, 2.45) is 0 Å². The first-order chi connectivity index (χ1) is 8.97. The van der Waals surface area contributed by atoms with Gasteiger partial charge in [0.25, 0.3) is 0 Å². The Kier molecular flexibility index (Phi) is 4.67. The second-order valence-corrected chi connectivity index (χ2v) is 6.10. The molecule has 1 nitrogen and oxygen atoms in total. The van der Waals surface area contributed by atoms with Crippen molar-refractivity contribution in [1.82, 2.24) is 0 Å². The van der Waals surface area contributed by atoms with E-state index >= 15 is 0 Å². The lowest BCUT2D eigenvalue weighted by Crippen LogP contribution is -2.03. The Bertz CT molecular complexity index is 595. The van der Waals surface area contributed by atoms with Crippen LogP contribution in [0.4, 0.5) is 0 Å². The zero-order chi connectivity index (χ0) is 14.0. The Morgan fingerprint density at radius 1 is 1.11 bits per heavy atom. The lowest BCUT2D eigenvalue weighted by Gasteiger charge is -2.14. The maximum Gasteiger partial charge on any atom is 0.0841 e. The van der Waals surface area contributed by atoms with E-state index < -0.39 is 6.10 Å². The Hall–Kier alpha value is -0.830. The van der Waals surface area contributed by atoms with Crippen molar-refractivity contribution in [3.05, 3.63) is 68.1 Å². The van der Waals surface area contributed by atoms with Gasteiger partial charge in [-0.2, -0.15) is 0 Å². The SMILES string of the molecule is Cc1ccc(CC(O)c2ccc(C)cc2Br)c(Cl)c1. The first kappa shape index (κ1) is 14.6. The molecule has 2 aromatic rings. The summed E-state index contributed by atoms with van der Waals surface area (Å²) < 4.78 is 0.934. The van der Waals surface area contributed by atoms with Crippen molar-refractivity contribution in [2.75, 3.05) is 0 Å². The third kappa shape index (κ3) is 3.59. The summed E-state index contributed by atoms with van der Waals surface area (Å²) in [6.45, 7) is 4.03. The number of rotatable bonds is 3. The molecule has 1 atom stereocenters. The van der Waals surface area contributed by atoms with Crippen LogP contribution in [0.15, 0.2) is 40.9 Å². The van der Waals surface area contributed by atoms with E-state index in [-0.39, 0.29) is 0 Å². The predicted octanol–water partition coefficient (Wildman–Crippen LogP) is 5.00. The maximum absolute atomic E-state index is 10.4. The lowest BCUT2D eigenvalue weighted by molar-refractivity contribution is 0.177. The van der Waals surface area contributed by atoms with Gasteiger partial charge in [-0.1, -0.05) is 51.8 Å². The van der Waals surface area contributed by atoms with Crippen molar-refractivity contribution in [2.45, 2.75) is 26.4 Å². The molecule has 0 aliphatic carbocycles. The fourth-order valence-electron chi connectivity index (χ4n) is 2.04. The Morgan fingerprint density at radius 2 is 1.74 bits per heavy atom. The zero-order valence-electron chi connectivity index (χ0n) is 11.0. The van der Waals surface area contributed by atoms with Gasteiger partial charge < -0.3 is 5.11 Å². The summed E-state index contributed by atoms with van der Waals surface area (Å²) in [5, 5.41) is 11.1. The van der Waals surface area contributed by atoms with Crippen LogP contribution < -0.4 is 0 Å². The average Bonchev–Trinajstić information content (AvgIpc) is 2.32. The van der Waals surface area contributed by atoms with Crippen LogP contribution in [0, 0.1) is 13.8 Å². The van der Waals surface area contributed by atoms with Crippen LogP contribution in [0.1, 0.15) is 28.4 Å². The second kappa shape index (κ2) is 6.08. The standard InChI is InChI=1S/C16H16BrClO/c1-10-4-6-13(14(17)7-10)16(19)9-12-5-3-11(2)8-15(12)18/h3-8,16,19H,9H2,1-2H3. The summed E-state index contributed by atoms with van der Waals surface area (Å²) in [4.78, 5) is 0. The third-order valence-electron chi connectivity index (χ3n) is 3.14. The molecule has 3 heteroatoms. The largest absolute Gasteiger partial charge is 0.388 e. The quantitative estimate of drug-likeness (QED) is 0.834. The van der Waals surface area contributed by atoms with Gasteiger partial charge in [-0.3, -0.25) is 0 Å². The van der Waals surface area contributed by atoms with Crippen molar-refractivity contribution >= 4 is 27.5 Å². The fourth-order valence-corrected chi connectivity index (χ4v) is 3.11. The van der Waals surface area contributed by atoms with E-state index in [1.807, 2.05) is 50.2 Å². The average molecular weight is 340 g/mol. The molecule has 1 unspecified atom stereocenters. The molecule has 0 aliphatic heterocycles. The maximum atomic E-state index is 10.4. The molecule has 0 fully saturated rings. The van der Waals surface area contributed by atoms with Gasteiger partial charge in [-0.05, 0) is 48.2 Å². The Labute approximate surface area is 127 Å². The minimum atomic E-state index is -0.560. The number of halogens is 2. The monoisotopic (exact) mass is 338 g/mol. The number of aliphatic hydroxyl groups excluding tert-OH is 1. The number of aryl methyl sites for hydroxylation is 2. The van der Waals surface area contributed by atoms with Crippen molar-refractivity contribution in [3.63, 3.8) is 0 Å². The first-order valence-electron chi connectivity index (χ1n) is 6.16. The summed E-state index contributed by atoms with van der Waals surface area (Å²) in [5.41, 5.74) is 4.14. The highest BCUT2D eigenvalue weighted by atomic mass is 79.9. The number of aliphatic hydroxyl groups is 1. The van der Waals surface area contributed by atoms with Crippen LogP contribution in [0.5, 0.6) is 0 Å². The lowest BCUT2D eigenvalue weighted by atomic mass is 10.00. The van der Waals surface area contributed by atoms with Crippen LogP contribution in [0.2, 0.25) is 5.02 Å². The predicted molar refractivity (Wildman–Crippen MR) is 83.7 cm³/mol. The number of hydrogen-bond donors (Lipinski definition) is 1. The Balaban J connectivity index is 2.23. The second-order valence-electron chi connectivity index (χ2n) is 4.84. The molecule has 0 aliphatic rings. The topological polar surface area (TPSA) is 20.2 Å². The van der Waals surface area contributed by atoms with Gasteiger partial charge >= 0.3 is 0 Å². The number of benzene rings is 2. The summed E-state index contributed by atoms with van der Waals surface area (Å²) in [6.07, 6.45) is -0.0454. The van der Waals surface area contributed by atoms with Gasteiger partial charge in [-0.15, -0.1) is 0 Å². The van der Waals surface area contributed by atoms with Crippen LogP contribution >= 0.6 is 27.5 Å². The van der Waals surface area contributed by atoms with E-state index in [0.29, 0.717) is 11.4 Å². The highest BCUT2D eigenvalue weighted by molar-refractivity contribution is 9.10. The molecule has 0 saturated carbocycles. The molecule has 0 radical (unpaired) electrons. The van der Waals surface area contributed by atoms with E-state index in [4.69, 9.17) is 11.6 Å².